The van der Waals surface area contributed by atoms with Crippen molar-refractivity contribution in [3.63, 3.8) is 0 Å². The summed E-state index contributed by atoms with van der Waals surface area (Å²) in [5.74, 6) is 1.13. The highest BCUT2D eigenvalue weighted by molar-refractivity contribution is 7.18. The summed E-state index contributed by atoms with van der Waals surface area (Å²) < 4.78 is 12.5. The maximum absolute atomic E-state index is 12.6. The van der Waals surface area contributed by atoms with Gasteiger partial charge >= 0.3 is 0 Å². The van der Waals surface area contributed by atoms with Crippen molar-refractivity contribution >= 4 is 27.6 Å². The van der Waals surface area contributed by atoms with Gasteiger partial charge in [0.2, 0.25) is 0 Å². The molecule has 1 aromatic carbocycles. The van der Waals surface area contributed by atoms with Crippen LogP contribution >= 0.6 is 11.3 Å². The number of rotatable bonds is 8. The summed E-state index contributed by atoms with van der Waals surface area (Å²) >= 11 is 1.52. The number of allylic oxidation sites excluding steroid dienone is 1. The number of hydrogen-bond acceptors (Lipinski definition) is 6. The first-order chi connectivity index (χ1) is 13.5. The van der Waals surface area contributed by atoms with Crippen molar-refractivity contribution in [3.05, 3.63) is 57.5 Å². The predicted octanol–water partition coefficient (Wildman–Crippen LogP) is 3.50. The van der Waals surface area contributed by atoms with Gasteiger partial charge in [0.1, 0.15) is 17.5 Å². The Labute approximate surface area is 167 Å². The van der Waals surface area contributed by atoms with Crippen molar-refractivity contribution in [3.8, 4) is 11.5 Å². The summed E-state index contributed by atoms with van der Waals surface area (Å²) in [7, 11) is 1.57. The van der Waals surface area contributed by atoms with Crippen molar-refractivity contribution in [1.82, 2.24) is 9.55 Å². The van der Waals surface area contributed by atoms with Crippen molar-refractivity contribution in [2.75, 3.05) is 13.7 Å². The molecule has 0 fully saturated rings. The van der Waals surface area contributed by atoms with Crippen LogP contribution in [0.4, 0.5) is 0 Å². The number of aliphatic hydroxyl groups excluding tert-OH is 1. The minimum absolute atomic E-state index is 0.0354. The molecule has 0 aliphatic rings. The summed E-state index contributed by atoms with van der Waals surface area (Å²) in [6.07, 6.45) is 5.40. The highest BCUT2D eigenvalue weighted by atomic mass is 32.1. The van der Waals surface area contributed by atoms with Gasteiger partial charge in [-0.1, -0.05) is 25.1 Å². The molecule has 3 rings (SSSR count). The van der Waals surface area contributed by atoms with E-state index in [0.717, 1.165) is 21.7 Å². The molecule has 0 aliphatic heterocycles. The zero-order chi connectivity index (χ0) is 20.1. The Morgan fingerprint density at radius 1 is 1.32 bits per heavy atom. The number of ether oxygens (including phenoxy) is 2. The Hall–Kier alpha value is -2.64. The van der Waals surface area contributed by atoms with E-state index in [1.54, 1.807) is 13.2 Å². The van der Waals surface area contributed by atoms with Gasteiger partial charge in [-0.15, -0.1) is 11.3 Å². The number of aromatic nitrogens is 2. The molecule has 6 nitrogen and oxygen atoms in total. The first kappa shape index (κ1) is 20.1. The first-order valence-electron chi connectivity index (χ1n) is 9.15. The molecule has 7 heteroatoms. The van der Waals surface area contributed by atoms with Crippen LogP contribution in [0.25, 0.3) is 16.3 Å². The van der Waals surface area contributed by atoms with Gasteiger partial charge in [0.15, 0.2) is 11.5 Å². The molecule has 0 aliphatic carbocycles. The number of benzene rings is 1. The van der Waals surface area contributed by atoms with Gasteiger partial charge in [-0.3, -0.25) is 9.36 Å². The van der Waals surface area contributed by atoms with E-state index in [1.807, 2.05) is 44.2 Å². The van der Waals surface area contributed by atoms with Gasteiger partial charge in [-0.05, 0) is 37.1 Å². The topological polar surface area (TPSA) is 73.6 Å². The van der Waals surface area contributed by atoms with E-state index >= 15 is 0 Å². The van der Waals surface area contributed by atoms with Crippen molar-refractivity contribution in [2.45, 2.75) is 32.9 Å². The first-order valence-corrected chi connectivity index (χ1v) is 9.96. The number of nitrogens with zero attached hydrogens (tertiary/aromatic N) is 2. The summed E-state index contributed by atoms with van der Waals surface area (Å²) in [5, 5.41) is 10.9. The number of methoxy groups -OCH3 is 1. The lowest BCUT2D eigenvalue weighted by molar-refractivity contribution is 0.0900. The Balaban J connectivity index is 1.69. The standard InChI is InChI=1S/C21H24N2O4S/c1-4-6-14-7-8-18(19(9-14)26-3)27-12-15(24)11-23-13-22-20-17(21(23)25)10-16(5-2)28-20/h4,6-10,13,15,24H,5,11-12H2,1-3H3/b6-4+. The largest absolute Gasteiger partial charge is 0.493 e. The van der Waals surface area contributed by atoms with Crippen LogP contribution in [-0.2, 0) is 13.0 Å². The molecule has 0 amide bonds. The van der Waals surface area contributed by atoms with Crippen LogP contribution in [-0.4, -0.2) is 34.5 Å². The van der Waals surface area contributed by atoms with E-state index in [1.165, 1.54) is 22.2 Å². The average molecular weight is 401 g/mol. The Morgan fingerprint density at radius 2 is 2.14 bits per heavy atom. The number of fused-ring (bicyclic) bond motifs is 1. The number of aliphatic hydroxyl groups is 1. The third-order valence-electron chi connectivity index (χ3n) is 4.30. The third kappa shape index (κ3) is 4.43. The lowest BCUT2D eigenvalue weighted by atomic mass is 10.2. The van der Waals surface area contributed by atoms with Crippen LogP contribution in [0.2, 0.25) is 0 Å². The van der Waals surface area contributed by atoms with E-state index in [4.69, 9.17) is 9.47 Å². The fraction of sp³-hybridized carbons (Fsp3) is 0.333. The highest BCUT2D eigenvalue weighted by Crippen LogP contribution is 2.28. The highest BCUT2D eigenvalue weighted by Gasteiger charge is 2.13. The molecule has 1 N–H and O–H groups in total. The Bertz CT molecular complexity index is 1040. The van der Waals surface area contributed by atoms with E-state index in [2.05, 4.69) is 4.98 Å². The quantitative estimate of drug-likeness (QED) is 0.626. The monoisotopic (exact) mass is 400 g/mol. The third-order valence-corrected chi connectivity index (χ3v) is 5.49. The van der Waals surface area contributed by atoms with Gasteiger partial charge in [0.05, 0.1) is 25.4 Å². The van der Waals surface area contributed by atoms with Crippen molar-refractivity contribution in [1.29, 1.82) is 0 Å². The van der Waals surface area contributed by atoms with Crippen molar-refractivity contribution in [2.24, 2.45) is 0 Å². The maximum Gasteiger partial charge on any atom is 0.262 e. The lowest BCUT2D eigenvalue weighted by Gasteiger charge is -2.15. The minimum Gasteiger partial charge on any atom is -0.493 e. The van der Waals surface area contributed by atoms with Crippen LogP contribution in [0.1, 0.15) is 24.3 Å². The van der Waals surface area contributed by atoms with E-state index in [-0.39, 0.29) is 18.7 Å². The van der Waals surface area contributed by atoms with E-state index in [9.17, 15) is 9.90 Å². The molecule has 2 heterocycles. The molecular formula is C21H24N2O4S. The van der Waals surface area contributed by atoms with Crippen LogP contribution in [0.3, 0.4) is 0 Å². The minimum atomic E-state index is -0.860. The van der Waals surface area contributed by atoms with Gasteiger partial charge < -0.3 is 14.6 Å². The van der Waals surface area contributed by atoms with Gasteiger partial charge in [-0.2, -0.15) is 0 Å². The fourth-order valence-electron chi connectivity index (χ4n) is 2.88. The Kier molecular flexibility index (Phi) is 6.49. The van der Waals surface area contributed by atoms with Crippen molar-refractivity contribution < 1.29 is 14.6 Å². The molecule has 0 saturated carbocycles. The number of hydrogen-bond donors (Lipinski definition) is 1. The summed E-state index contributed by atoms with van der Waals surface area (Å²) in [6.45, 7) is 4.13. The predicted molar refractivity (Wildman–Crippen MR) is 112 cm³/mol. The number of aryl methyl sites for hydroxylation is 1. The Morgan fingerprint density at radius 3 is 2.86 bits per heavy atom. The van der Waals surface area contributed by atoms with E-state index in [0.29, 0.717) is 16.9 Å². The van der Waals surface area contributed by atoms with E-state index < -0.39 is 6.10 Å². The van der Waals surface area contributed by atoms with Crippen LogP contribution in [0.15, 0.2) is 41.5 Å². The molecule has 0 radical (unpaired) electrons. The van der Waals surface area contributed by atoms with Crippen LogP contribution in [0.5, 0.6) is 11.5 Å². The molecule has 0 saturated heterocycles. The molecule has 1 unspecified atom stereocenters. The fourth-order valence-corrected chi connectivity index (χ4v) is 3.80. The zero-order valence-corrected chi connectivity index (χ0v) is 17.0. The molecule has 28 heavy (non-hydrogen) atoms. The zero-order valence-electron chi connectivity index (χ0n) is 16.2. The van der Waals surface area contributed by atoms with Crippen LogP contribution in [0, 0.1) is 0 Å². The maximum atomic E-state index is 12.6. The molecule has 0 bridgehead atoms. The van der Waals surface area contributed by atoms with Gasteiger partial charge in [0, 0.05) is 4.88 Å². The van der Waals surface area contributed by atoms with Gasteiger partial charge in [-0.25, -0.2) is 4.98 Å². The second kappa shape index (κ2) is 9.03. The second-order valence-electron chi connectivity index (χ2n) is 6.36. The smallest absolute Gasteiger partial charge is 0.262 e. The normalized spacial score (nSPS) is 12.6. The molecule has 0 spiro atoms. The summed E-state index contributed by atoms with van der Waals surface area (Å²) in [5.41, 5.74) is 0.855. The van der Waals surface area contributed by atoms with Crippen LogP contribution < -0.4 is 15.0 Å². The molecule has 2 aromatic heterocycles. The molecule has 3 aromatic rings. The van der Waals surface area contributed by atoms with Gasteiger partial charge in [0.25, 0.3) is 5.56 Å². The SMILES string of the molecule is C/C=C/c1ccc(OCC(O)Cn2cnc3sc(CC)cc3c2=O)c(OC)c1. The lowest BCUT2D eigenvalue weighted by Crippen LogP contribution is -2.30. The molecule has 1 atom stereocenters. The second-order valence-corrected chi connectivity index (χ2v) is 7.48. The average Bonchev–Trinajstić information content (AvgIpc) is 3.13. The summed E-state index contributed by atoms with van der Waals surface area (Å²) in [4.78, 5) is 18.8. The molecule has 148 valence electrons. The number of thiophene rings is 1. The molecular weight excluding hydrogens is 376 g/mol. The summed E-state index contributed by atoms with van der Waals surface area (Å²) in [6, 6.07) is 7.46.